The molecule has 176 valence electrons. The summed E-state index contributed by atoms with van der Waals surface area (Å²) in [6.45, 7) is 5.83. The fourth-order valence-corrected chi connectivity index (χ4v) is 5.00. The first-order chi connectivity index (χ1) is 16.2. The Labute approximate surface area is 197 Å². The standard InChI is InChI=1S/C27H36N4O2/c32-26(28-14-18-30-16-8-3-9-17-30)20-25-27(33)29-15-19-31(25)21-24(22-10-4-1-5-11-22)23-12-6-2-7-13-23/h1-2,4-7,10-13,24-25H,3,8-9,14-21H2,(H,28,32)(H,29,33)/t25-/m1/s1. The van der Waals surface area contributed by atoms with E-state index in [1.165, 1.54) is 30.4 Å². The summed E-state index contributed by atoms with van der Waals surface area (Å²) in [6.07, 6.45) is 3.99. The van der Waals surface area contributed by atoms with Gasteiger partial charge in [-0.3, -0.25) is 14.5 Å². The summed E-state index contributed by atoms with van der Waals surface area (Å²) in [5.74, 6) is 0.0466. The van der Waals surface area contributed by atoms with Crippen LogP contribution in [0.4, 0.5) is 0 Å². The van der Waals surface area contributed by atoms with Crippen molar-refractivity contribution < 1.29 is 9.59 Å². The van der Waals surface area contributed by atoms with Gasteiger partial charge in [-0.2, -0.15) is 0 Å². The molecule has 1 atom stereocenters. The van der Waals surface area contributed by atoms with Crippen molar-refractivity contribution in [2.24, 2.45) is 0 Å². The highest BCUT2D eigenvalue weighted by Crippen LogP contribution is 2.27. The Morgan fingerprint density at radius 3 is 2.21 bits per heavy atom. The molecule has 2 amide bonds. The van der Waals surface area contributed by atoms with Gasteiger partial charge in [-0.1, -0.05) is 67.1 Å². The molecule has 2 heterocycles. The van der Waals surface area contributed by atoms with E-state index < -0.39 is 6.04 Å². The zero-order chi connectivity index (χ0) is 22.9. The fraction of sp³-hybridized carbons (Fsp3) is 0.481. The molecule has 2 aromatic rings. The van der Waals surface area contributed by atoms with Gasteiger partial charge in [0.05, 0.1) is 12.5 Å². The zero-order valence-corrected chi connectivity index (χ0v) is 19.4. The zero-order valence-electron chi connectivity index (χ0n) is 19.4. The van der Waals surface area contributed by atoms with E-state index in [4.69, 9.17) is 0 Å². The summed E-state index contributed by atoms with van der Waals surface area (Å²) in [4.78, 5) is 30.1. The smallest absolute Gasteiger partial charge is 0.237 e. The van der Waals surface area contributed by atoms with E-state index >= 15 is 0 Å². The third-order valence-electron chi connectivity index (χ3n) is 6.84. The van der Waals surface area contributed by atoms with Crippen molar-refractivity contribution >= 4 is 11.8 Å². The Hall–Kier alpha value is -2.70. The van der Waals surface area contributed by atoms with Crippen LogP contribution in [-0.2, 0) is 9.59 Å². The van der Waals surface area contributed by atoms with Crippen molar-refractivity contribution in [3.05, 3.63) is 71.8 Å². The molecule has 2 aliphatic rings. The monoisotopic (exact) mass is 448 g/mol. The minimum absolute atomic E-state index is 0.0463. The molecule has 4 rings (SSSR count). The largest absolute Gasteiger partial charge is 0.355 e. The number of hydrogen-bond acceptors (Lipinski definition) is 4. The van der Waals surface area contributed by atoms with E-state index in [1.54, 1.807) is 0 Å². The first-order valence-corrected chi connectivity index (χ1v) is 12.3. The summed E-state index contributed by atoms with van der Waals surface area (Å²) in [5, 5.41) is 6.01. The maximum atomic E-state index is 12.8. The second-order valence-corrected chi connectivity index (χ2v) is 9.13. The molecule has 0 bridgehead atoms. The highest BCUT2D eigenvalue weighted by Gasteiger charge is 2.33. The van der Waals surface area contributed by atoms with Crippen molar-refractivity contribution in [1.29, 1.82) is 0 Å². The number of hydrogen-bond donors (Lipinski definition) is 2. The number of likely N-dealkylation sites (tertiary alicyclic amines) is 1. The Morgan fingerprint density at radius 2 is 1.58 bits per heavy atom. The van der Waals surface area contributed by atoms with Gasteiger partial charge in [0.2, 0.25) is 11.8 Å². The lowest BCUT2D eigenvalue weighted by Crippen LogP contribution is -2.57. The van der Waals surface area contributed by atoms with Gasteiger partial charge in [-0.15, -0.1) is 0 Å². The lowest BCUT2D eigenvalue weighted by atomic mass is 9.90. The molecule has 33 heavy (non-hydrogen) atoms. The minimum atomic E-state index is -0.441. The van der Waals surface area contributed by atoms with Crippen molar-refractivity contribution in [2.75, 3.05) is 45.8 Å². The summed E-state index contributed by atoms with van der Waals surface area (Å²) in [6, 6.07) is 20.4. The molecule has 0 aliphatic carbocycles. The summed E-state index contributed by atoms with van der Waals surface area (Å²) in [5.41, 5.74) is 2.44. The first kappa shape index (κ1) is 23.5. The summed E-state index contributed by atoms with van der Waals surface area (Å²) in [7, 11) is 0. The summed E-state index contributed by atoms with van der Waals surface area (Å²) < 4.78 is 0. The molecule has 0 unspecified atom stereocenters. The first-order valence-electron chi connectivity index (χ1n) is 12.3. The molecular formula is C27H36N4O2. The van der Waals surface area contributed by atoms with Gasteiger partial charge in [0.25, 0.3) is 0 Å². The van der Waals surface area contributed by atoms with Crippen LogP contribution in [0, 0.1) is 0 Å². The van der Waals surface area contributed by atoms with Crippen LogP contribution in [-0.4, -0.2) is 73.5 Å². The highest BCUT2D eigenvalue weighted by molar-refractivity contribution is 5.88. The van der Waals surface area contributed by atoms with Crippen LogP contribution in [0.3, 0.4) is 0 Å². The number of carbonyl (C=O) groups excluding carboxylic acids is 2. The van der Waals surface area contributed by atoms with E-state index in [0.717, 1.165) is 26.2 Å². The van der Waals surface area contributed by atoms with E-state index in [2.05, 4.69) is 69.0 Å². The van der Waals surface area contributed by atoms with Gasteiger partial charge in [0.15, 0.2) is 0 Å². The maximum absolute atomic E-state index is 12.8. The molecule has 2 aromatic carbocycles. The number of nitrogens with one attached hydrogen (secondary N) is 2. The molecule has 0 saturated carbocycles. The molecule has 2 aliphatic heterocycles. The number of piperazine rings is 1. The SMILES string of the molecule is O=C(C[C@@H]1C(=O)NCCN1CC(c1ccccc1)c1ccccc1)NCCN1CCCCC1. The number of nitrogens with zero attached hydrogens (tertiary/aromatic N) is 2. The van der Waals surface area contributed by atoms with E-state index in [0.29, 0.717) is 19.6 Å². The normalized spacial score (nSPS) is 19.9. The second-order valence-electron chi connectivity index (χ2n) is 9.13. The van der Waals surface area contributed by atoms with Crippen LogP contribution in [0.15, 0.2) is 60.7 Å². The van der Waals surface area contributed by atoms with Gasteiger partial charge in [-0.05, 0) is 37.1 Å². The lowest BCUT2D eigenvalue weighted by Gasteiger charge is -2.37. The van der Waals surface area contributed by atoms with Crippen molar-refractivity contribution in [2.45, 2.75) is 37.6 Å². The number of amides is 2. The average Bonchev–Trinajstić information content (AvgIpc) is 2.86. The molecule has 2 N–H and O–H groups in total. The van der Waals surface area contributed by atoms with Crippen LogP contribution >= 0.6 is 0 Å². The van der Waals surface area contributed by atoms with E-state index in [9.17, 15) is 9.59 Å². The van der Waals surface area contributed by atoms with Crippen LogP contribution in [0.25, 0.3) is 0 Å². The molecule has 2 fully saturated rings. The fourth-order valence-electron chi connectivity index (χ4n) is 5.00. The predicted molar refractivity (Wildman–Crippen MR) is 131 cm³/mol. The van der Waals surface area contributed by atoms with Crippen molar-refractivity contribution in [3.63, 3.8) is 0 Å². The molecular weight excluding hydrogens is 412 g/mol. The van der Waals surface area contributed by atoms with Crippen LogP contribution in [0.1, 0.15) is 42.7 Å². The van der Waals surface area contributed by atoms with Gasteiger partial charge in [0.1, 0.15) is 0 Å². The minimum Gasteiger partial charge on any atom is -0.355 e. The Morgan fingerprint density at radius 1 is 0.939 bits per heavy atom. The van der Waals surface area contributed by atoms with Crippen molar-refractivity contribution in [1.82, 2.24) is 20.4 Å². The van der Waals surface area contributed by atoms with Crippen LogP contribution in [0.5, 0.6) is 0 Å². The van der Waals surface area contributed by atoms with Crippen LogP contribution in [0.2, 0.25) is 0 Å². The number of piperidine rings is 1. The predicted octanol–water partition coefficient (Wildman–Crippen LogP) is 2.61. The Bertz CT molecular complexity index is 844. The van der Waals surface area contributed by atoms with Gasteiger partial charge < -0.3 is 15.5 Å². The number of benzene rings is 2. The van der Waals surface area contributed by atoms with Gasteiger partial charge in [-0.25, -0.2) is 0 Å². The molecule has 2 saturated heterocycles. The van der Waals surface area contributed by atoms with E-state index in [-0.39, 0.29) is 24.2 Å². The molecule has 0 radical (unpaired) electrons. The molecule has 6 heteroatoms. The molecule has 6 nitrogen and oxygen atoms in total. The average molecular weight is 449 g/mol. The maximum Gasteiger partial charge on any atom is 0.237 e. The number of rotatable bonds is 9. The topological polar surface area (TPSA) is 64.7 Å². The second kappa shape index (κ2) is 12.0. The van der Waals surface area contributed by atoms with Gasteiger partial charge >= 0.3 is 0 Å². The third-order valence-corrected chi connectivity index (χ3v) is 6.84. The van der Waals surface area contributed by atoms with Crippen molar-refractivity contribution in [3.8, 4) is 0 Å². The Kier molecular flexibility index (Phi) is 8.50. The highest BCUT2D eigenvalue weighted by atomic mass is 16.2. The Balaban J connectivity index is 1.40. The van der Waals surface area contributed by atoms with E-state index in [1.807, 2.05) is 12.1 Å². The quantitative estimate of drug-likeness (QED) is 0.619. The lowest BCUT2D eigenvalue weighted by molar-refractivity contribution is -0.134. The molecule has 0 aromatic heterocycles. The molecule has 0 spiro atoms. The summed E-state index contributed by atoms with van der Waals surface area (Å²) >= 11 is 0. The van der Waals surface area contributed by atoms with Gasteiger partial charge in [0, 0.05) is 38.6 Å². The third kappa shape index (κ3) is 6.65. The van der Waals surface area contributed by atoms with Crippen LogP contribution < -0.4 is 10.6 Å². The number of carbonyl (C=O) groups is 2.